The van der Waals surface area contributed by atoms with Crippen molar-refractivity contribution in [2.24, 2.45) is 0 Å². The summed E-state index contributed by atoms with van der Waals surface area (Å²) in [7, 11) is 0. The average Bonchev–Trinajstić information content (AvgIpc) is 3.06. The molecule has 1 atom stereocenters. The summed E-state index contributed by atoms with van der Waals surface area (Å²) in [5, 5.41) is 4.21. The Morgan fingerprint density at radius 3 is 2.62 bits per heavy atom. The Labute approximate surface area is 148 Å². The topological polar surface area (TPSA) is 42.0 Å². The van der Waals surface area contributed by atoms with E-state index in [0.717, 1.165) is 15.6 Å². The lowest BCUT2D eigenvalue weighted by Crippen LogP contribution is -2.22. The molecule has 1 amide bonds. The molecule has 1 heterocycles. The van der Waals surface area contributed by atoms with Crippen LogP contribution in [0.4, 0.5) is 10.1 Å². The Morgan fingerprint density at radius 2 is 1.88 bits per heavy atom. The number of anilines is 1. The highest BCUT2D eigenvalue weighted by molar-refractivity contribution is 8.02. The number of aromatic nitrogens is 1. The smallest absolute Gasteiger partial charge is 0.237 e. The van der Waals surface area contributed by atoms with Gasteiger partial charge < -0.3 is 5.32 Å². The standard InChI is InChI=1S/C18H15FN2OS2/c1-12(17(22)20-15-10-6-5-9-14(15)19)24-18-21-16(11-23-18)13-7-3-2-4-8-13/h2-12H,1H3,(H,20,22). The first kappa shape index (κ1) is 16.7. The second-order valence-corrected chi connectivity index (χ2v) is 7.54. The van der Waals surface area contributed by atoms with Crippen molar-refractivity contribution < 1.29 is 9.18 Å². The summed E-state index contributed by atoms with van der Waals surface area (Å²) >= 11 is 2.86. The minimum absolute atomic E-state index is 0.194. The molecule has 0 aliphatic heterocycles. The minimum Gasteiger partial charge on any atom is -0.323 e. The lowest BCUT2D eigenvalue weighted by atomic mass is 10.2. The van der Waals surface area contributed by atoms with Gasteiger partial charge in [-0.25, -0.2) is 9.37 Å². The van der Waals surface area contributed by atoms with Gasteiger partial charge in [-0.15, -0.1) is 11.3 Å². The molecule has 0 aliphatic carbocycles. The molecule has 0 radical (unpaired) electrons. The molecule has 0 spiro atoms. The number of thioether (sulfide) groups is 1. The van der Waals surface area contributed by atoms with Gasteiger partial charge in [-0.3, -0.25) is 4.79 Å². The number of para-hydroxylation sites is 1. The Hall–Kier alpha value is -2.18. The van der Waals surface area contributed by atoms with Crippen LogP contribution in [0.5, 0.6) is 0 Å². The zero-order valence-electron chi connectivity index (χ0n) is 12.9. The zero-order valence-corrected chi connectivity index (χ0v) is 14.5. The molecule has 1 aromatic heterocycles. The second kappa shape index (κ2) is 7.59. The normalized spacial score (nSPS) is 11.9. The van der Waals surface area contributed by atoms with Gasteiger partial charge >= 0.3 is 0 Å². The van der Waals surface area contributed by atoms with Gasteiger partial charge in [0.25, 0.3) is 0 Å². The number of carbonyl (C=O) groups is 1. The van der Waals surface area contributed by atoms with Crippen LogP contribution in [0.3, 0.4) is 0 Å². The van der Waals surface area contributed by atoms with E-state index in [1.165, 1.54) is 29.2 Å². The van der Waals surface area contributed by atoms with Gasteiger partial charge in [0.1, 0.15) is 5.82 Å². The van der Waals surface area contributed by atoms with Crippen molar-refractivity contribution in [1.29, 1.82) is 0 Å². The Morgan fingerprint density at radius 1 is 1.17 bits per heavy atom. The highest BCUT2D eigenvalue weighted by Gasteiger charge is 2.18. The van der Waals surface area contributed by atoms with E-state index >= 15 is 0 Å². The fourth-order valence-electron chi connectivity index (χ4n) is 2.05. The van der Waals surface area contributed by atoms with E-state index in [4.69, 9.17) is 0 Å². The molecule has 3 aromatic rings. The lowest BCUT2D eigenvalue weighted by molar-refractivity contribution is -0.115. The van der Waals surface area contributed by atoms with Crippen molar-refractivity contribution in [3.8, 4) is 11.3 Å². The monoisotopic (exact) mass is 358 g/mol. The van der Waals surface area contributed by atoms with Gasteiger partial charge in [0, 0.05) is 10.9 Å². The predicted octanol–water partition coefficient (Wildman–Crippen LogP) is 5.07. The van der Waals surface area contributed by atoms with Crippen molar-refractivity contribution in [3.05, 3.63) is 65.8 Å². The fourth-order valence-corrected chi connectivity index (χ4v) is 4.03. The van der Waals surface area contributed by atoms with Crippen LogP contribution in [0.1, 0.15) is 6.92 Å². The van der Waals surface area contributed by atoms with E-state index in [1.54, 1.807) is 25.1 Å². The summed E-state index contributed by atoms with van der Waals surface area (Å²) in [5.41, 5.74) is 2.13. The number of hydrogen-bond acceptors (Lipinski definition) is 4. The predicted molar refractivity (Wildman–Crippen MR) is 97.9 cm³/mol. The third-order valence-electron chi connectivity index (χ3n) is 3.33. The molecule has 0 fully saturated rings. The number of benzene rings is 2. The van der Waals surface area contributed by atoms with Crippen LogP contribution in [0.15, 0.2) is 64.3 Å². The van der Waals surface area contributed by atoms with E-state index in [9.17, 15) is 9.18 Å². The third kappa shape index (κ3) is 4.01. The molecule has 0 aliphatic rings. The van der Waals surface area contributed by atoms with Crippen LogP contribution < -0.4 is 5.32 Å². The Balaban J connectivity index is 1.65. The molecular weight excluding hydrogens is 343 g/mol. The highest BCUT2D eigenvalue weighted by atomic mass is 32.2. The van der Waals surface area contributed by atoms with Gasteiger partial charge in [-0.1, -0.05) is 54.2 Å². The lowest BCUT2D eigenvalue weighted by Gasteiger charge is -2.10. The summed E-state index contributed by atoms with van der Waals surface area (Å²) in [6.07, 6.45) is 0. The van der Waals surface area contributed by atoms with Crippen LogP contribution in [0.2, 0.25) is 0 Å². The molecule has 2 aromatic carbocycles. The van der Waals surface area contributed by atoms with E-state index in [0.29, 0.717) is 0 Å². The van der Waals surface area contributed by atoms with Crippen LogP contribution >= 0.6 is 23.1 Å². The molecule has 24 heavy (non-hydrogen) atoms. The van der Waals surface area contributed by atoms with Gasteiger partial charge in [0.05, 0.1) is 16.6 Å². The quantitative estimate of drug-likeness (QED) is 0.648. The van der Waals surface area contributed by atoms with E-state index < -0.39 is 5.82 Å². The summed E-state index contributed by atoms with van der Waals surface area (Å²) in [6, 6.07) is 16.0. The Kier molecular flexibility index (Phi) is 5.27. The van der Waals surface area contributed by atoms with Crippen molar-refractivity contribution in [3.63, 3.8) is 0 Å². The van der Waals surface area contributed by atoms with Gasteiger partial charge in [0.2, 0.25) is 5.91 Å². The molecule has 0 saturated heterocycles. The number of hydrogen-bond donors (Lipinski definition) is 1. The minimum atomic E-state index is -0.441. The maximum absolute atomic E-state index is 13.6. The molecule has 122 valence electrons. The summed E-state index contributed by atoms with van der Waals surface area (Å²) in [4.78, 5) is 16.8. The number of rotatable bonds is 5. The van der Waals surface area contributed by atoms with E-state index in [2.05, 4.69) is 10.3 Å². The average molecular weight is 358 g/mol. The molecular formula is C18H15FN2OS2. The first-order chi connectivity index (χ1) is 11.6. The van der Waals surface area contributed by atoms with E-state index in [1.807, 2.05) is 35.7 Å². The summed E-state index contributed by atoms with van der Waals surface area (Å²) in [6.45, 7) is 1.78. The Bertz CT molecular complexity index is 836. The van der Waals surface area contributed by atoms with Crippen LogP contribution in [-0.2, 0) is 4.79 Å². The molecule has 3 rings (SSSR count). The maximum atomic E-state index is 13.6. The number of carbonyl (C=O) groups excluding carboxylic acids is 1. The van der Waals surface area contributed by atoms with Crippen LogP contribution in [0, 0.1) is 5.82 Å². The summed E-state index contributed by atoms with van der Waals surface area (Å²) < 4.78 is 14.4. The van der Waals surface area contributed by atoms with Gasteiger partial charge in [0.15, 0.2) is 4.34 Å². The number of nitrogens with one attached hydrogen (secondary N) is 1. The van der Waals surface area contributed by atoms with Crippen molar-refractivity contribution in [2.45, 2.75) is 16.5 Å². The molecule has 0 bridgehead atoms. The summed E-state index contributed by atoms with van der Waals surface area (Å²) in [5.74, 6) is -0.690. The maximum Gasteiger partial charge on any atom is 0.237 e. The van der Waals surface area contributed by atoms with Crippen molar-refractivity contribution >= 4 is 34.7 Å². The number of thiazole rings is 1. The largest absolute Gasteiger partial charge is 0.323 e. The van der Waals surface area contributed by atoms with E-state index in [-0.39, 0.29) is 16.8 Å². The van der Waals surface area contributed by atoms with Crippen molar-refractivity contribution in [2.75, 3.05) is 5.32 Å². The van der Waals surface area contributed by atoms with Gasteiger partial charge in [-0.2, -0.15) is 0 Å². The van der Waals surface area contributed by atoms with Crippen LogP contribution in [-0.4, -0.2) is 16.1 Å². The number of nitrogens with zero attached hydrogens (tertiary/aromatic N) is 1. The number of amides is 1. The molecule has 1 unspecified atom stereocenters. The zero-order chi connectivity index (χ0) is 16.9. The third-order valence-corrected chi connectivity index (χ3v) is 5.40. The first-order valence-corrected chi connectivity index (χ1v) is 9.12. The number of halogens is 1. The molecule has 1 N–H and O–H groups in total. The molecule has 0 saturated carbocycles. The highest BCUT2D eigenvalue weighted by Crippen LogP contribution is 2.31. The molecule has 3 nitrogen and oxygen atoms in total. The van der Waals surface area contributed by atoms with Crippen LogP contribution in [0.25, 0.3) is 11.3 Å². The second-order valence-electron chi connectivity index (χ2n) is 5.09. The molecule has 6 heteroatoms. The fraction of sp³-hybridized carbons (Fsp3) is 0.111. The first-order valence-electron chi connectivity index (χ1n) is 7.36. The van der Waals surface area contributed by atoms with Gasteiger partial charge in [-0.05, 0) is 19.1 Å². The van der Waals surface area contributed by atoms with Crippen molar-refractivity contribution in [1.82, 2.24) is 4.98 Å². The SMILES string of the molecule is CC(Sc1nc(-c2ccccc2)cs1)C(=O)Nc1ccccc1F.